The molecule has 0 radical (unpaired) electrons. The van der Waals surface area contributed by atoms with Crippen LogP contribution in [-0.4, -0.2) is 40.6 Å². The first-order valence-corrected chi connectivity index (χ1v) is 14.8. The molecule has 1 amide bonds. The number of nitrogens with one attached hydrogen (secondary N) is 1. The van der Waals surface area contributed by atoms with Crippen molar-refractivity contribution in [1.82, 2.24) is 14.8 Å². The van der Waals surface area contributed by atoms with Crippen molar-refractivity contribution in [1.29, 1.82) is 0 Å². The fraction of sp³-hybridized carbons (Fsp3) is 0.179. The van der Waals surface area contributed by atoms with Crippen molar-refractivity contribution in [2.45, 2.75) is 19.4 Å². The Balaban J connectivity index is 1.35. The number of rotatable bonds is 6. The number of nitrogens with zero attached hydrogens (tertiary/aromatic N) is 3. The molecule has 6 rings (SSSR count). The Morgan fingerprint density at radius 1 is 1.05 bits per heavy atom. The average Bonchev–Trinajstić information content (AvgIpc) is 3.65. The number of aryl methyl sites for hydroxylation is 1. The second kappa shape index (κ2) is 9.70. The molecular formula is C28H24N4O4S2. The van der Waals surface area contributed by atoms with Gasteiger partial charge in [0.2, 0.25) is 0 Å². The second-order valence-electron chi connectivity index (χ2n) is 9.21. The highest BCUT2D eigenvalue weighted by atomic mass is 32.2. The molecule has 1 aliphatic heterocycles. The standard InChI is InChI=1S/C28H24N4O4S2/c1-18-26-23(28(33)29-19-9-11-22(12-10-19)36-21-6-3-2-4-7-21)16-24(25-8-5-14-37-25)30-27(26)32(31-18)20-13-15-38(34,35)17-20/h2-12,14,16,20H,13,15,17H2,1H3,(H,29,33). The van der Waals surface area contributed by atoms with Crippen LogP contribution < -0.4 is 10.1 Å². The van der Waals surface area contributed by atoms with E-state index in [0.29, 0.717) is 45.8 Å². The van der Waals surface area contributed by atoms with Crippen LogP contribution in [0.3, 0.4) is 0 Å². The van der Waals surface area contributed by atoms with Gasteiger partial charge in [-0.05, 0) is 67.3 Å². The minimum absolute atomic E-state index is 0.0209. The first-order valence-electron chi connectivity index (χ1n) is 12.1. The number of ether oxygens (including phenoxy) is 1. The number of pyridine rings is 1. The van der Waals surface area contributed by atoms with E-state index in [2.05, 4.69) is 10.4 Å². The van der Waals surface area contributed by atoms with E-state index in [1.165, 1.54) is 11.3 Å². The van der Waals surface area contributed by atoms with Crippen LogP contribution in [0.4, 0.5) is 5.69 Å². The quantitative estimate of drug-likeness (QED) is 0.287. The Morgan fingerprint density at radius 3 is 2.50 bits per heavy atom. The third-order valence-corrected chi connectivity index (χ3v) is 9.14. The largest absolute Gasteiger partial charge is 0.457 e. The Bertz CT molecular complexity index is 1730. The predicted octanol–water partition coefficient (Wildman–Crippen LogP) is 5.87. The number of para-hydroxylation sites is 1. The van der Waals surface area contributed by atoms with E-state index < -0.39 is 9.84 Å². The van der Waals surface area contributed by atoms with Crippen molar-refractivity contribution in [2.75, 3.05) is 16.8 Å². The monoisotopic (exact) mass is 544 g/mol. The summed E-state index contributed by atoms with van der Waals surface area (Å²) in [6, 6.07) is 22.0. The van der Waals surface area contributed by atoms with E-state index in [1.54, 1.807) is 35.0 Å². The zero-order chi connectivity index (χ0) is 26.3. The molecule has 3 aromatic heterocycles. The number of aromatic nitrogens is 3. The lowest BCUT2D eigenvalue weighted by atomic mass is 10.1. The Hall–Kier alpha value is -4.02. The number of fused-ring (bicyclic) bond motifs is 1. The number of hydrogen-bond donors (Lipinski definition) is 1. The zero-order valence-corrected chi connectivity index (χ0v) is 22.1. The summed E-state index contributed by atoms with van der Waals surface area (Å²) in [5.41, 5.74) is 2.85. The molecule has 5 aromatic rings. The summed E-state index contributed by atoms with van der Waals surface area (Å²) in [5, 5.41) is 10.2. The van der Waals surface area contributed by atoms with Gasteiger partial charge in [-0.2, -0.15) is 5.10 Å². The van der Waals surface area contributed by atoms with Crippen LogP contribution in [0.1, 0.15) is 28.5 Å². The maximum absolute atomic E-state index is 13.6. The molecule has 0 bridgehead atoms. The van der Waals surface area contributed by atoms with Crippen molar-refractivity contribution in [3.63, 3.8) is 0 Å². The number of carbonyl (C=O) groups is 1. The van der Waals surface area contributed by atoms with E-state index >= 15 is 0 Å². The van der Waals surface area contributed by atoms with Gasteiger partial charge in [0, 0.05) is 5.69 Å². The van der Waals surface area contributed by atoms with Gasteiger partial charge in [0.05, 0.1) is 44.8 Å². The maximum atomic E-state index is 13.6. The van der Waals surface area contributed by atoms with Crippen LogP contribution in [0.5, 0.6) is 11.5 Å². The van der Waals surface area contributed by atoms with Crippen molar-refractivity contribution < 1.29 is 17.9 Å². The maximum Gasteiger partial charge on any atom is 0.256 e. The van der Waals surface area contributed by atoms with Crippen LogP contribution in [0.2, 0.25) is 0 Å². The van der Waals surface area contributed by atoms with E-state index in [-0.39, 0.29) is 23.5 Å². The van der Waals surface area contributed by atoms with E-state index in [1.807, 2.05) is 54.8 Å². The van der Waals surface area contributed by atoms with Gasteiger partial charge in [-0.25, -0.2) is 18.1 Å². The summed E-state index contributed by atoms with van der Waals surface area (Å²) >= 11 is 1.52. The summed E-state index contributed by atoms with van der Waals surface area (Å²) in [6.45, 7) is 1.82. The van der Waals surface area contributed by atoms with E-state index in [4.69, 9.17) is 9.72 Å². The van der Waals surface area contributed by atoms with Gasteiger partial charge in [0.15, 0.2) is 15.5 Å². The van der Waals surface area contributed by atoms with Gasteiger partial charge in [-0.15, -0.1) is 11.3 Å². The molecule has 2 aromatic carbocycles. The number of benzene rings is 2. The number of sulfone groups is 1. The minimum Gasteiger partial charge on any atom is -0.457 e. The van der Waals surface area contributed by atoms with E-state index in [9.17, 15) is 13.2 Å². The molecule has 0 aliphatic carbocycles. The molecule has 1 unspecified atom stereocenters. The summed E-state index contributed by atoms with van der Waals surface area (Å²) < 4.78 is 31.9. The van der Waals surface area contributed by atoms with Crippen molar-refractivity contribution in [3.8, 4) is 22.1 Å². The molecule has 192 valence electrons. The fourth-order valence-corrected chi connectivity index (χ4v) is 7.07. The van der Waals surface area contributed by atoms with Crippen molar-refractivity contribution >= 4 is 43.8 Å². The molecule has 38 heavy (non-hydrogen) atoms. The number of carbonyl (C=O) groups excluding carboxylic acids is 1. The Labute approximate surface area is 223 Å². The Kier molecular flexibility index (Phi) is 6.21. The SMILES string of the molecule is Cc1nn(C2CCS(=O)(=O)C2)c2nc(-c3cccs3)cc(C(=O)Nc3ccc(Oc4ccccc4)cc3)c12. The molecule has 4 heterocycles. The van der Waals surface area contributed by atoms with Gasteiger partial charge < -0.3 is 10.1 Å². The molecule has 8 nitrogen and oxygen atoms in total. The van der Waals surface area contributed by atoms with Crippen LogP contribution in [0.15, 0.2) is 78.2 Å². The molecule has 1 aliphatic rings. The van der Waals surface area contributed by atoms with Crippen LogP contribution in [0, 0.1) is 6.92 Å². The number of amides is 1. The smallest absolute Gasteiger partial charge is 0.256 e. The molecule has 0 saturated carbocycles. The van der Waals surface area contributed by atoms with Crippen molar-refractivity contribution in [2.24, 2.45) is 0 Å². The molecule has 1 fully saturated rings. The number of thiophene rings is 1. The average molecular weight is 545 g/mol. The molecule has 1 atom stereocenters. The lowest BCUT2D eigenvalue weighted by Crippen LogP contribution is -2.15. The number of hydrogen-bond acceptors (Lipinski definition) is 7. The fourth-order valence-electron chi connectivity index (χ4n) is 4.69. The van der Waals surface area contributed by atoms with Gasteiger partial charge in [0.25, 0.3) is 5.91 Å². The number of anilines is 1. The predicted molar refractivity (Wildman–Crippen MR) is 149 cm³/mol. The third-order valence-electron chi connectivity index (χ3n) is 6.50. The van der Waals surface area contributed by atoms with Crippen LogP contribution in [-0.2, 0) is 9.84 Å². The van der Waals surface area contributed by atoms with Crippen molar-refractivity contribution in [3.05, 3.63) is 89.4 Å². The molecule has 1 saturated heterocycles. The summed E-state index contributed by atoms with van der Waals surface area (Å²) in [4.78, 5) is 19.4. The summed E-state index contributed by atoms with van der Waals surface area (Å²) in [7, 11) is -3.12. The third kappa shape index (κ3) is 4.80. The molecular weight excluding hydrogens is 520 g/mol. The first-order chi connectivity index (χ1) is 18.4. The summed E-state index contributed by atoms with van der Waals surface area (Å²) in [6.07, 6.45) is 0.475. The zero-order valence-electron chi connectivity index (χ0n) is 20.5. The highest BCUT2D eigenvalue weighted by molar-refractivity contribution is 7.91. The lowest BCUT2D eigenvalue weighted by Gasteiger charge is -2.12. The highest BCUT2D eigenvalue weighted by Crippen LogP contribution is 2.33. The second-order valence-corrected chi connectivity index (χ2v) is 12.4. The van der Waals surface area contributed by atoms with Crippen LogP contribution >= 0.6 is 11.3 Å². The summed E-state index contributed by atoms with van der Waals surface area (Å²) in [5.74, 6) is 1.23. The minimum atomic E-state index is -3.12. The van der Waals surface area contributed by atoms with E-state index in [0.717, 1.165) is 10.6 Å². The van der Waals surface area contributed by atoms with Gasteiger partial charge in [0.1, 0.15) is 11.5 Å². The van der Waals surface area contributed by atoms with Gasteiger partial charge in [-0.1, -0.05) is 24.3 Å². The molecule has 10 heteroatoms. The normalized spacial score (nSPS) is 16.5. The molecule has 0 spiro atoms. The Morgan fingerprint density at radius 2 is 1.82 bits per heavy atom. The highest BCUT2D eigenvalue weighted by Gasteiger charge is 2.32. The molecule has 1 N–H and O–H groups in total. The first kappa shape index (κ1) is 24.3. The lowest BCUT2D eigenvalue weighted by molar-refractivity contribution is 0.102. The van der Waals surface area contributed by atoms with Gasteiger partial charge >= 0.3 is 0 Å². The van der Waals surface area contributed by atoms with Gasteiger partial charge in [-0.3, -0.25) is 4.79 Å². The van der Waals surface area contributed by atoms with Crippen LogP contribution in [0.25, 0.3) is 21.6 Å². The topological polar surface area (TPSA) is 103 Å².